The molecule has 1 aromatic rings. The monoisotopic (exact) mass is 289 g/mol. The molecule has 0 heterocycles. The van der Waals surface area contributed by atoms with E-state index in [-0.39, 0.29) is 12.0 Å². The molecule has 3 fully saturated rings. The maximum absolute atomic E-state index is 11.7. The lowest BCUT2D eigenvalue weighted by atomic mass is 9.43. The Kier molecular flexibility index (Phi) is 3.57. The number of nitrogens with one attached hydrogen (secondary N) is 1. The van der Waals surface area contributed by atoms with Crippen LogP contribution in [-0.2, 0) is 16.1 Å². The largest absolute Gasteiger partial charge is 0.480 e. The molecule has 3 aliphatic carbocycles. The van der Waals surface area contributed by atoms with Gasteiger partial charge in [-0.15, -0.1) is 0 Å². The average Bonchev–Trinajstić information content (AvgIpc) is 2.38. The molecule has 0 spiro atoms. The summed E-state index contributed by atoms with van der Waals surface area (Å²) in [5.41, 5.74) is 1.04. The number of alkyl carbamates (subject to hydrolysis) is 1. The molecule has 21 heavy (non-hydrogen) atoms. The Bertz CT molecular complexity index is 525. The Morgan fingerprint density at radius 1 is 1.29 bits per heavy atom. The fourth-order valence-corrected chi connectivity index (χ4v) is 3.45. The number of rotatable bonds is 6. The SMILES string of the molecule is O=C(NC(CC12CC(C1)C2)C(=O)O)OCc1ccccc1. The first-order valence-corrected chi connectivity index (χ1v) is 7.26. The van der Waals surface area contributed by atoms with Crippen LogP contribution in [0, 0.1) is 11.3 Å². The summed E-state index contributed by atoms with van der Waals surface area (Å²) in [6, 6.07) is 8.45. The van der Waals surface area contributed by atoms with Crippen molar-refractivity contribution in [3.63, 3.8) is 0 Å². The molecule has 0 radical (unpaired) electrons. The topological polar surface area (TPSA) is 75.6 Å². The van der Waals surface area contributed by atoms with Gasteiger partial charge in [-0.3, -0.25) is 0 Å². The first-order chi connectivity index (χ1) is 10.1. The second-order valence-corrected chi connectivity index (χ2v) is 6.28. The van der Waals surface area contributed by atoms with Crippen molar-refractivity contribution in [3.8, 4) is 0 Å². The van der Waals surface area contributed by atoms with Gasteiger partial charge >= 0.3 is 12.1 Å². The van der Waals surface area contributed by atoms with Crippen LogP contribution in [0.5, 0.6) is 0 Å². The number of carboxylic acid groups (broad SMARTS) is 1. The standard InChI is InChI=1S/C16H19NO4/c18-14(19)13(9-16-6-12(7-16)8-16)17-15(20)21-10-11-4-2-1-3-5-11/h1-5,12-13H,6-10H2,(H,17,20)(H,18,19). The fraction of sp³-hybridized carbons (Fsp3) is 0.500. The molecule has 1 atom stereocenters. The third-order valence-electron chi connectivity index (χ3n) is 4.61. The van der Waals surface area contributed by atoms with E-state index in [4.69, 9.17) is 4.74 Å². The van der Waals surface area contributed by atoms with E-state index in [0.717, 1.165) is 30.7 Å². The smallest absolute Gasteiger partial charge is 0.408 e. The van der Waals surface area contributed by atoms with Crippen molar-refractivity contribution in [3.05, 3.63) is 35.9 Å². The van der Waals surface area contributed by atoms with Crippen LogP contribution >= 0.6 is 0 Å². The Balaban J connectivity index is 1.48. The summed E-state index contributed by atoms with van der Waals surface area (Å²) in [7, 11) is 0. The summed E-state index contributed by atoms with van der Waals surface area (Å²) in [5.74, 6) is -0.194. The number of carbonyl (C=O) groups excluding carboxylic acids is 1. The summed E-state index contributed by atoms with van der Waals surface area (Å²) < 4.78 is 5.07. The van der Waals surface area contributed by atoms with Crippen LogP contribution in [0.4, 0.5) is 4.79 Å². The van der Waals surface area contributed by atoms with Crippen molar-refractivity contribution < 1.29 is 19.4 Å². The van der Waals surface area contributed by atoms with E-state index in [0.29, 0.717) is 6.42 Å². The third-order valence-corrected chi connectivity index (χ3v) is 4.61. The second-order valence-electron chi connectivity index (χ2n) is 6.28. The molecule has 2 bridgehead atoms. The summed E-state index contributed by atoms with van der Waals surface area (Å²) in [5, 5.41) is 11.7. The van der Waals surface area contributed by atoms with Gasteiger partial charge < -0.3 is 15.2 Å². The minimum absolute atomic E-state index is 0.145. The van der Waals surface area contributed by atoms with Gasteiger partial charge in [0, 0.05) is 0 Å². The van der Waals surface area contributed by atoms with Crippen LogP contribution < -0.4 is 5.32 Å². The normalized spacial score (nSPS) is 27.0. The first-order valence-electron chi connectivity index (χ1n) is 7.26. The number of benzene rings is 1. The molecule has 3 aliphatic rings. The predicted octanol–water partition coefficient (Wildman–Crippen LogP) is 2.56. The minimum atomic E-state index is -0.989. The van der Waals surface area contributed by atoms with Crippen LogP contribution in [0.25, 0.3) is 0 Å². The number of ether oxygens (including phenoxy) is 1. The van der Waals surface area contributed by atoms with E-state index < -0.39 is 18.1 Å². The van der Waals surface area contributed by atoms with Gasteiger partial charge in [0.05, 0.1) is 0 Å². The molecule has 112 valence electrons. The second kappa shape index (κ2) is 5.39. The summed E-state index contributed by atoms with van der Waals surface area (Å²) in [6.07, 6.45) is 3.17. The van der Waals surface area contributed by atoms with Crippen LogP contribution in [0.3, 0.4) is 0 Å². The van der Waals surface area contributed by atoms with Crippen LogP contribution in [-0.4, -0.2) is 23.2 Å². The highest BCUT2D eigenvalue weighted by atomic mass is 16.5. The van der Waals surface area contributed by atoms with Crippen molar-refractivity contribution in [2.24, 2.45) is 11.3 Å². The van der Waals surface area contributed by atoms with Gasteiger partial charge in [-0.25, -0.2) is 9.59 Å². The van der Waals surface area contributed by atoms with E-state index in [1.165, 1.54) is 0 Å². The number of carbonyl (C=O) groups is 2. The highest BCUT2D eigenvalue weighted by Crippen LogP contribution is 2.66. The van der Waals surface area contributed by atoms with Crippen molar-refractivity contribution in [1.82, 2.24) is 5.32 Å². The first kappa shape index (κ1) is 13.9. The van der Waals surface area contributed by atoms with Gasteiger partial charge in [-0.2, -0.15) is 0 Å². The molecule has 1 aromatic carbocycles. The molecule has 0 aromatic heterocycles. The minimum Gasteiger partial charge on any atom is -0.480 e. The van der Waals surface area contributed by atoms with E-state index in [9.17, 15) is 14.7 Å². The zero-order valence-corrected chi connectivity index (χ0v) is 11.7. The molecule has 1 unspecified atom stereocenters. The zero-order chi connectivity index (χ0) is 14.9. The third kappa shape index (κ3) is 3.01. The Morgan fingerprint density at radius 3 is 2.48 bits per heavy atom. The highest BCUT2D eigenvalue weighted by Gasteiger charge is 2.57. The lowest BCUT2D eigenvalue weighted by Gasteiger charge is -2.62. The van der Waals surface area contributed by atoms with Gasteiger partial charge in [0.1, 0.15) is 12.6 Å². The molecule has 5 nitrogen and oxygen atoms in total. The van der Waals surface area contributed by atoms with E-state index in [2.05, 4.69) is 5.32 Å². The van der Waals surface area contributed by atoms with Crippen LogP contribution in [0.2, 0.25) is 0 Å². The van der Waals surface area contributed by atoms with E-state index >= 15 is 0 Å². The number of carboxylic acids is 1. The van der Waals surface area contributed by atoms with Gasteiger partial charge in [-0.1, -0.05) is 30.3 Å². The van der Waals surface area contributed by atoms with Gasteiger partial charge in [0.15, 0.2) is 0 Å². The Hall–Kier alpha value is -2.04. The Labute approximate surface area is 123 Å². The number of amides is 1. The maximum atomic E-state index is 11.7. The predicted molar refractivity (Wildman–Crippen MR) is 75.6 cm³/mol. The van der Waals surface area contributed by atoms with Gasteiger partial charge in [0.2, 0.25) is 0 Å². The Morgan fingerprint density at radius 2 is 1.95 bits per heavy atom. The molecule has 1 amide bonds. The number of aliphatic carboxylic acids is 1. The molecule has 2 N–H and O–H groups in total. The number of hydrogen-bond donors (Lipinski definition) is 2. The average molecular weight is 289 g/mol. The van der Waals surface area contributed by atoms with E-state index in [1.807, 2.05) is 30.3 Å². The molecule has 0 saturated heterocycles. The zero-order valence-electron chi connectivity index (χ0n) is 11.7. The molecule has 0 aliphatic heterocycles. The summed E-state index contributed by atoms with van der Waals surface area (Å²) >= 11 is 0. The molecule has 5 heteroatoms. The molecule has 4 rings (SSSR count). The van der Waals surface area contributed by atoms with Crippen molar-refractivity contribution in [2.75, 3.05) is 0 Å². The lowest BCUT2D eigenvalue weighted by Crippen LogP contribution is -2.56. The van der Waals surface area contributed by atoms with Crippen LogP contribution in [0.1, 0.15) is 31.2 Å². The van der Waals surface area contributed by atoms with Crippen LogP contribution in [0.15, 0.2) is 30.3 Å². The van der Waals surface area contributed by atoms with Crippen molar-refractivity contribution in [1.29, 1.82) is 0 Å². The highest BCUT2D eigenvalue weighted by molar-refractivity contribution is 5.80. The maximum Gasteiger partial charge on any atom is 0.408 e. The molecule has 3 saturated carbocycles. The lowest BCUT2D eigenvalue weighted by molar-refractivity contribution is -0.149. The molecular formula is C16H19NO4. The van der Waals surface area contributed by atoms with Gasteiger partial charge in [0.25, 0.3) is 0 Å². The quantitative estimate of drug-likeness (QED) is 0.844. The summed E-state index contributed by atoms with van der Waals surface area (Å²) in [4.78, 5) is 23.0. The summed E-state index contributed by atoms with van der Waals surface area (Å²) in [6.45, 7) is 0.145. The fourth-order valence-electron chi connectivity index (χ4n) is 3.45. The van der Waals surface area contributed by atoms with E-state index in [1.54, 1.807) is 0 Å². The number of hydrogen-bond acceptors (Lipinski definition) is 3. The molecular weight excluding hydrogens is 270 g/mol. The van der Waals surface area contributed by atoms with Gasteiger partial charge in [-0.05, 0) is 42.6 Å². The van der Waals surface area contributed by atoms with Crippen molar-refractivity contribution >= 4 is 12.1 Å². The van der Waals surface area contributed by atoms with Crippen molar-refractivity contribution in [2.45, 2.75) is 38.3 Å².